The van der Waals surface area contributed by atoms with Crippen LogP contribution in [0.5, 0.6) is 0 Å². The summed E-state index contributed by atoms with van der Waals surface area (Å²) in [6, 6.07) is 0.143. The Kier molecular flexibility index (Phi) is 7.96. The minimum absolute atomic E-state index is 0.0347. The second kappa shape index (κ2) is 9.97. The fourth-order valence-electron chi connectivity index (χ4n) is 3.11. The first-order chi connectivity index (χ1) is 12.0. The monoisotopic (exact) mass is 366 g/mol. The molecular weight excluding hydrogens is 334 g/mol. The van der Waals surface area contributed by atoms with Gasteiger partial charge in [-0.2, -0.15) is 0 Å². The van der Waals surface area contributed by atoms with Gasteiger partial charge in [-0.15, -0.1) is 16.8 Å². The number of carbonyl (C=O) groups is 1. The Labute approximate surface area is 155 Å². The van der Waals surface area contributed by atoms with Crippen LogP contribution >= 0.6 is 11.8 Å². The van der Waals surface area contributed by atoms with Crippen LogP contribution < -0.4 is 10.2 Å². The van der Waals surface area contributed by atoms with Gasteiger partial charge in [-0.25, -0.2) is 0 Å². The number of rotatable bonds is 9. The molecule has 25 heavy (non-hydrogen) atoms. The van der Waals surface area contributed by atoms with Gasteiger partial charge in [-0.05, 0) is 40.0 Å². The molecule has 0 radical (unpaired) electrons. The van der Waals surface area contributed by atoms with Crippen LogP contribution in [0.2, 0.25) is 0 Å². The second-order valence-electron chi connectivity index (χ2n) is 7.03. The van der Waals surface area contributed by atoms with Crippen LogP contribution in [-0.4, -0.2) is 51.6 Å². The molecule has 140 valence electrons. The highest BCUT2D eigenvalue weighted by atomic mass is 32.2. The van der Waals surface area contributed by atoms with Gasteiger partial charge in [0.25, 0.3) is 0 Å². The first-order valence-corrected chi connectivity index (χ1v) is 10.2. The number of hydrogen-bond acceptors (Lipinski definition) is 4. The minimum Gasteiger partial charge on any atom is -0.353 e. The molecular formula is C18H32N5OS+. The van der Waals surface area contributed by atoms with Crippen molar-refractivity contribution in [2.75, 3.05) is 19.6 Å². The lowest BCUT2D eigenvalue weighted by Gasteiger charge is -2.23. The standard InChI is InChI=1S/C18H31N5OS/c1-5-10-23-16(9-13-22-11-7-6-8-12-22)20-21-18(23)25-15(4)17(24)19-14(2)3/h5,14-15H,1,6-13H2,2-4H3,(H,19,24)/p+1/t15-/m0/s1. The molecule has 2 heterocycles. The zero-order chi connectivity index (χ0) is 18.2. The van der Waals surface area contributed by atoms with E-state index in [4.69, 9.17) is 0 Å². The van der Waals surface area contributed by atoms with E-state index in [0.717, 1.165) is 23.9 Å². The van der Waals surface area contributed by atoms with Crippen LogP contribution in [0.1, 0.15) is 45.9 Å². The molecule has 2 rings (SSSR count). The molecule has 1 atom stereocenters. The molecule has 6 nitrogen and oxygen atoms in total. The van der Waals surface area contributed by atoms with Crippen LogP contribution in [0, 0.1) is 0 Å². The maximum atomic E-state index is 12.2. The Morgan fingerprint density at radius 2 is 2.04 bits per heavy atom. The Morgan fingerprint density at radius 1 is 1.32 bits per heavy atom. The quantitative estimate of drug-likeness (QED) is 0.507. The zero-order valence-electron chi connectivity index (χ0n) is 15.8. The predicted octanol–water partition coefficient (Wildman–Crippen LogP) is 1.08. The van der Waals surface area contributed by atoms with Crippen LogP contribution in [0.3, 0.4) is 0 Å². The summed E-state index contributed by atoms with van der Waals surface area (Å²) in [7, 11) is 0. The van der Waals surface area contributed by atoms with E-state index in [9.17, 15) is 4.79 Å². The van der Waals surface area contributed by atoms with Crippen LogP contribution in [0.25, 0.3) is 0 Å². The van der Waals surface area contributed by atoms with Gasteiger partial charge in [0.05, 0.1) is 31.3 Å². The number of aromatic nitrogens is 3. The SMILES string of the molecule is C=CCn1c(CC[NH+]2CCCCC2)nnc1S[C@@H](C)C(=O)NC(C)C. The number of hydrogen-bond donors (Lipinski definition) is 2. The molecule has 1 fully saturated rings. The van der Waals surface area contributed by atoms with Crippen molar-refractivity contribution in [3.8, 4) is 0 Å². The average molecular weight is 367 g/mol. The first-order valence-electron chi connectivity index (χ1n) is 9.34. The molecule has 1 aliphatic rings. The van der Waals surface area contributed by atoms with Gasteiger partial charge < -0.3 is 14.8 Å². The van der Waals surface area contributed by atoms with Gasteiger partial charge in [-0.1, -0.05) is 17.8 Å². The molecule has 1 aliphatic heterocycles. The van der Waals surface area contributed by atoms with Crippen molar-refractivity contribution < 1.29 is 9.69 Å². The summed E-state index contributed by atoms with van der Waals surface area (Å²) in [4.78, 5) is 13.8. The van der Waals surface area contributed by atoms with Gasteiger partial charge in [0.2, 0.25) is 5.91 Å². The third-order valence-electron chi connectivity index (χ3n) is 4.45. The van der Waals surface area contributed by atoms with Crippen molar-refractivity contribution >= 4 is 17.7 Å². The van der Waals surface area contributed by atoms with E-state index in [-0.39, 0.29) is 17.2 Å². The Morgan fingerprint density at radius 3 is 2.68 bits per heavy atom. The van der Waals surface area contributed by atoms with Crippen molar-refractivity contribution in [3.63, 3.8) is 0 Å². The van der Waals surface area contributed by atoms with Crippen molar-refractivity contribution in [2.45, 2.75) is 69.4 Å². The van der Waals surface area contributed by atoms with Gasteiger partial charge in [0.1, 0.15) is 5.82 Å². The molecule has 0 spiro atoms. The molecule has 1 aromatic heterocycles. The lowest BCUT2D eigenvalue weighted by molar-refractivity contribution is -0.904. The predicted molar refractivity (Wildman–Crippen MR) is 102 cm³/mol. The summed E-state index contributed by atoms with van der Waals surface area (Å²) in [5.74, 6) is 1.03. The Balaban J connectivity index is 1.99. The van der Waals surface area contributed by atoms with Crippen molar-refractivity contribution in [1.82, 2.24) is 20.1 Å². The lowest BCUT2D eigenvalue weighted by atomic mass is 10.1. The smallest absolute Gasteiger partial charge is 0.233 e. The topological polar surface area (TPSA) is 64.2 Å². The fourth-order valence-corrected chi connectivity index (χ4v) is 3.99. The van der Waals surface area contributed by atoms with Crippen molar-refractivity contribution in [3.05, 3.63) is 18.5 Å². The van der Waals surface area contributed by atoms with Gasteiger partial charge in [0.15, 0.2) is 5.16 Å². The molecule has 0 aliphatic carbocycles. The van der Waals surface area contributed by atoms with Crippen LogP contribution in [0.15, 0.2) is 17.8 Å². The van der Waals surface area contributed by atoms with E-state index in [1.54, 1.807) is 4.90 Å². The summed E-state index contributed by atoms with van der Waals surface area (Å²) in [6.07, 6.45) is 6.82. The molecule has 0 bridgehead atoms. The van der Waals surface area contributed by atoms with E-state index in [1.165, 1.54) is 44.1 Å². The summed E-state index contributed by atoms with van der Waals surface area (Å²) >= 11 is 1.47. The molecule has 0 unspecified atom stereocenters. The largest absolute Gasteiger partial charge is 0.353 e. The summed E-state index contributed by atoms with van der Waals surface area (Å²) in [5, 5.41) is 12.3. The Bertz CT molecular complexity index is 566. The van der Waals surface area contributed by atoms with E-state index < -0.39 is 0 Å². The van der Waals surface area contributed by atoms with Gasteiger partial charge >= 0.3 is 0 Å². The maximum Gasteiger partial charge on any atom is 0.233 e. The zero-order valence-corrected chi connectivity index (χ0v) is 16.6. The normalized spacial score (nSPS) is 16.8. The number of piperidine rings is 1. The highest BCUT2D eigenvalue weighted by Crippen LogP contribution is 2.22. The molecule has 2 N–H and O–H groups in total. The summed E-state index contributed by atoms with van der Waals surface area (Å²) < 4.78 is 2.10. The van der Waals surface area contributed by atoms with E-state index >= 15 is 0 Å². The van der Waals surface area contributed by atoms with Crippen LogP contribution in [-0.2, 0) is 17.8 Å². The van der Waals surface area contributed by atoms with E-state index in [0.29, 0.717) is 6.54 Å². The number of amides is 1. The number of carbonyl (C=O) groups excluding carboxylic acids is 1. The fraction of sp³-hybridized carbons (Fsp3) is 0.722. The highest BCUT2D eigenvalue weighted by molar-refractivity contribution is 8.00. The molecule has 1 amide bonds. The highest BCUT2D eigenvalue weighted by Gasteiger charge is 2.21. The van der Waals surface area contributed by atoms with Gasteiger partial charge in [-0.3, -0.25) is 4.79 Å². The number of nitrogens with one attached hydrogen (secondary N) is 2. The maximum absolute atomic E-state index is 12.2. The van der Waals surface area contributed by atoms with Crippen LogP contribution in [0.4, 0.5) is 0 Å². The molecule has 1 saturated heterocycles. The summed E-state index contributed by atoms with van der Waals surface area (Å²) in [5.41, 5.74) is 0. The van der Waals surface area contributed by atoms with E-state index in [2.05, 4.69) is 26.7 Å². The van der Waals surface area contributed by atoms with Gasteiger partial charge in [0, 0.05) is 12.6 Å². The number of allylic oxidation sites excluding steroid dienone is 1. The number of nitrogens with zero attached hydrogens (tertiary/aromatic N) is 3. The first kappa shape index (κ1) is 20.0. The van der Waals surface area contributed by atoms with Crippen molar-refractivity contribution in [1.29, 1.82) is 0 Å². The second-order valence-corrected chi connectivity index (χ2v) is 8.34. The minimum atomic E-state index is -0.198. The van der Waals surface area contributed by atoms with E-state index in [1.807, 2.05) is 26.8 Å². The lowest BCUT2D eigenvalue weighted by Crippen LogP contribution is -3.13. The number of likely N-dealkylation sites (tertiary alicyclic amines) is 1. The Hall–Kier alpha value is -1.34. The molecule has 0 aromatic carbocycles. The third-order valence-corrected chi connectivity index (χ3v) is 5.53. The summed E-state index contributed by atoms with van der Waals surface area (Å²) in [6.45, 7) is 14.0. The van der Waals surface area contributed by atoms with Crippen molar-refractivity contribution in [2.24, 2.45) is 0 Å². The molecule has 0 saturated carbocycles. The third kappa shape index (κ3) is 6.15. The number of quaternary nitrogens is 1. The average Bonchev–Trinajstić information content (AvgIpc) is 2.95. The molecule has 1 aromatic rings. The number of thioether (sulfide) groups is 1. The molecule has 7 heteroatoms.